The van der Waals surface area contributed by atoms with Crippen LogP contribution in [0.3, 0.4) is 0 Å². The van der Waals surface area contributed by atoms with E-state index in [-0.39, 0.29) is 5.60 Å². The van der Waals surface area contributed by atoms with Crippen LogP contribution in [-0.2, 0) is 9.53 Å². The van der Waals surface area contributed by atoms with Crippen LogP contribution in [0, 0.1) is 34.5 Å². The average Bonchev–Trinajstić information content (AvgIpc) is 2.80. The SMILES string of the molecule is CO[C@@]1(C)CCC2C3CC[C@H]4CC(=O)CCC4(C)C3CCC21C. The van der Waals surface area contributed by atoms with E-state index in [9.17, 15) is 4.79 Å². The van der Waals surface area contributed by atoms with Crippen LogP contribution in [0.25, 0.3) is 0 Å². The van der Waals surface area contributed by atoms with E-state index in [1.165, 1.54) is 38.5 Å². The van der Waals surface area contributed by atoms with Crippen LogP contribution in [0.2, 0.25) is 0 Å². The quantitative estimate of drug-likeness (QED) is 0.680. The lowest BCUT2D eigenvalue weighted by Gasteiger charge is -2.61. The fourth-order valence-corrected chi connectivity index (χ4v) is 7.61. The molecule has 0 aromatic rings. The number of hydrogen-bond donors (Lipinski definition) is 0. The molecule has 2 heteroatoms. The molecule has 23 heavy (non-hydrogen) atoms. The monoisotopic (exact) mass is 318 g/mol. The van der Waals surface area contributed by atoms with Gasteiger partial charge in [0.2, 0.25) is 0 Å². The van der Waals surface area contributed by atoms with Gasteiger partial charge in [0.05, 0.1) is 5.60 Å². The van der Waals surface area contributed by atoms with Crippen molar-refractivity contribution in [3.63, 3.8) is 0 Å². The van der Waals surface area contributed by atoms with Crippen molar-refractivity contribution < 1.29 is 9.53 Å². The maximum Gasteiger partial charge on any atom is 0.133 e. The number of rotatable bonds is 1. The second-order valence-electron chi connectivity index (χ2n) is 9.83. The fraction of sp³-hybridized carbons (Fsp3) is 0.952. The Kier molecular flexibility index (Phi) is 3.55. The van der Waals surface area contributed by atoms with E-state index < -0.39 is 0 Å². The van der Waals surface area contributed by atoms with E-state index in [1.807, 2.05) is 7.11 Å². The summed E-state index contributed by atoms with van der Waals surface area (Å²) in [5.41, 5.74) is 0.865. The molecule has 0 aliphatic heterocycles. The standard InChI is InChI=1S/C21H34O2/c1-19-10-7-15(22)13-14(19)5-6-16-17(19)8-11-20(2)18(16)9-12-21(20,3)23-4/h14,16-18H,5-13H2,1-4H3/t14-,16?,17?,18?,19?,20?,21-/m0/s1. The van der Waals surface area contributed by atoms with Gasteiger partial charge in [-0.05, 0) is 86.4 Å². The lowest BCUT2D eigenvalue weighted by molar-refractivity contribution is -0.160. The van der Waals surface area contributed by atoms with Crippen molar-refractivity contribution in [3.05, 3.63) is 0 Å². The number of carbonyl (C=O) groups is 1. The van der Waals surface area contributed by atoms with Gasteiger partial charge in [-0.15, -0.1) is 0 Å². The molecule has 0 N–H and O–H groups in total. The Morgan fingerprint density at radius 1 is 0.957 bits per heavy atom. The highest BCUT2D eigenvalue weighted by Crippen LogP contribution is 2.68. The molecule has 4 aliphatic carbocycles. The molecule has 0 heterocycles. The average molecular weight is 319 g/mol. The molecule has 0 aromatic carbocycles. The third-order valence-electron chi connectivity index (χ3n) is 9.46. The highest BCUT2D eigenvalue weighted by Gasteiger charge is 2.63. The van der Waals surface area contributed by atoms with Crippen LogP contribution in [0.1, 0.15) is 78.6 Å². The Balaban J connectivity index is 1.64. The summed E-state index contributed by atoms with van der Waals surface area (Å²) in [7, 11) is 1.92. The summed E-state index contributed by atoms with van der Waals surface area (Å²) in [6.45, 7) is 7.41. The normalized spacial score (nSPS) is 55.9. The second kappa shape index (κ2) is 5.07. The third-order valence-corrected chi connectivity index (χ3v) is 9.46. The van der Waals surface area contributed by atoms with Crippen molar-refractivity contribution in [1.29, 1.82) is 0 Å². The number of Topliss-reactive ketones (excluding diaryl/α,β-unsaturated/α-hetero) is 1. The first-order valence-corrected chi connectivity index (χ1v) is 9.91. The second-order valence-corrected chi connectivity index (χ2v) is 9.83. The van der Waals surface area contributed by atoms with Gasteiger partial charge in [0.15, 0.2) is 0 Å². The lowest BCUT2D eigenvalue weighted by atomic mass is 9.44. The molecule has 130 valence electrons. The summed E-state index contributed by atoms with van der Waals surface area (Å²) < 4.78 is 6.05. The summed E-state index contributed by atoms with van der Waals surface area (Å²) in [4.78, 5) is 12.0. The maximum atomic E-state index is 12.0. The highest BCUT2D eigenvalue weighted by molar-refractivity contribution is 5.79. The van der Waals surface area contributed by atoms with E-state index in [0.29, 0.717) is 22.5 Å². The van der Waals surface area contributed by atoms with E-state index in [2.05, 4.69) is 20.8 Å². The highest BCUT2D eigenvalue weighted by atomic mass is 16.5. The van der Waals surface area contributed by atoms with Crippen LogP contribution in [0.5, 0.6) is 0 Å². The minimum atomic E-state index is 0.0723. The molecule has 0 saturated heterocycles. The Morgan fingerprint density at radius 2 is 1.70 bits per heavy atom. The van der Waals surface area contributed by atoms with Gasteiger partial charge in [0.1, 0.15) is 5.78 Å². The molecule has 4 fully saturated rings. The number of methoxy groups -OCH3 is 1. The van der Waals surface area contributed by atoms with Crippen molar-refractivity contribution in [2.75, 3.05) is 7.11 Å². The summed E-state index contributed by atoms with van der Waals surface area (Å²) in [5.74, 6) is 3.76. The fourth-order valence-electron chi connectivity index (χ4n) is 7.61. The van der Waals surface area contributed by atoms with Gasteiger partial charge in [-0.25, -0.2) is 0 Å². The first kappa shape index (κ1) is 16.1. The molecule has 5 unspecified atom stereocenters. The summed E-state index contributed by atoms with van der Waals surface area (Å²) >= 11 is 0. The summed E-state index contributed by atoms with van der Waals surface area (Å²) in [5, 5.41) is 0. The van der Waals surface area contributed by atoms with Gasteiger partial charge < -0.3 is 4.74 Å². The van der Waals surface area contributed by atoms with Crippen molar-refractivity contribution >= 4 is 5.78 Å². The number of ether oxygens (including phenoxy) is 1. The molecular weight excluding hydrogens is 284 g/mol. The summed E-state index contributed by atoms with van der Waals surface area (Å²) in [6.07, 6.45) is 10.8. The molecule has 0 amide bonds. The predicted octanol–water partition coefficient (Wildman–Crippen LogP) is 5.00. The molecule has 0 bridgehead atoms. The van der Waals surface area contributed by atoms with Gasteiger partial charge in [0, 0.05) is 20.0 Å². The van der Waals surface area contributed by atoms with Crippen molar-refractivity contribution in [2.45, 2.75) is 84.2 Å². The zero-order valence-corrected chi connectivity index (χ0v) is 15.5. The minimum Gasteiger partial charge on any atom is -0.378 e. The van der Waals surface area contributed by atoms with Gasteiger partial charge in [-0.3, -0.25) is 4.79 Å². The molecule has 4 saturated carbocycles. The number of carbonyl (C=O) groups excluding carboxylic acids is 1. The van der Waals surface area contributed by atoms with E-state index in [4.69, 9.17) is 4.74 Å². The van der Waals surface area contributed by atoms with E-state index >= 15 is 0 Å². The Morgan fingerprint density at radius 3 is 2.43 bits per heavy atom. The first-order chi connectivity index (χ1) is 10.8. The zero-order chi connectivity index (χ0) is 16.5. The van der Waals surface area contributed by atoms with Crippen molar-refractivity contribution in [2.24, 2.45) is 34.5 Å². The Labute approximate surface area is 141 Å². The number of fused-ring (bicyclic) bond motifs is 5. The molecule has 2 nitrogen and oxygen atoms in total. The van der Waals surface area contributed by atoms with Gasteiger partial charge >= 0.3 is 0 Å². The smallest absolute Gasteiger partial charge is 0.133 e. The van der Waals surface area contributed by atoms with Crippen molar-refractivity contribution in [1.82, 2.24) is 0 Å². The maximum absolute atomic E-state index is 12.0. The van der Waals surface area contributed by atoms with Crippen LogP contribution in [-0.4, -0.2) is 18.5 Å². The molecule has 0 radical (unpaired) electrons. The lowest BCUT2D eigenvalue weighted by Crippen LogP contribution is -2.56. The van der Waals surface area contributed by atoms with Crippen LogP contribution >= 0.6 is 0 Å². The van der Waals surface area contributed by atoms with Crippen molar-refractivity contribution in [3.8, 4) is 0 Å². The number of ketones is 1. The Bertz CT molecular complexity index is 514. The predicted molar refractivity (Wildman–Crippen MR) is 92.1 cm³/mol. The Hall–Kier alpha value is -0.370. The zero-order valence-electron chi connectivity index (χ0n) is 15.5. The molecular formula is C21H34O2. The molecule has 4 aliphatic rings. The van der Waals surface area contributed by atoms with Crippen LogP contribution in [0.4, 0.5) is 0 Å². The molecule has 7 atom stereocenters. The minimum absolute atomic E-state index is 0.0723. The first-order valence-electron chi connectivity index (χ1n) is 9.91. The van der Waals surface area contributed by atoms with Crippen LogP contribution < -0.4 is 0 Å². The van der Waals surface area contributed by atoms with Gasteiger partial charge in [-0.1, -0.05) is 13.8 Å². The third kappa shape index (κ3) is 2.00. The number of hydrogen-bond acceptors (Lipinski definition) is 2. The largest absolute Gasteiger partial charge is 0.378 e. The van der Waals surface area contributed by atoms with E-state index in [1.54, 1.807) is 0 Å². The molecule has 0 spiro atoms. The van der Waals surface area contributed by atoms with E-state index in [0.717, 1.165) is 37.0 Å². The van der Waals surface area contributed by atoms with Gasteiger partial charge in [-0.2, -0.15) is 0 Å². The molecule has 4 rings (SSSR count). The molecule has 0 aromatic heterocycles. The van der Waals surface area contributed by atoms with Gasteiger partial charge in [0.25, 0.3) is 0 Å². The topological polar surface area (TPSA) is 26.3 Å². The summed E-state index contributed by atoms with van der Waals surface area (Å²) in [6, 6.07) is 0. The van der Waals surface area contributed by atoms with Crippen LogP contribution in [0.15, 0.2) is 0 Å².